The van der Waals surface area contributed by atoms with Crippen LogP contribution in [0.5, 0.6) is 0 Å². The summed E-state index contributed by atoms with van der Waals surface area (Å²) in [6.07, 6.45) is 0.845. The van der Waals surface area contributed by atoms with E-state index in [-0.39, 0.29) is 27.6 Å². The van der Waals surface area contributed by atoms with E-state index in [1.165, 1.54) is 112 Å². The van der Waals surface area contributed by atoms with Crippen LogP contribution in [0, 0.1) is 0 Å². The first-order chi connectivity index (χ1) is 38.1. The lowest BCUT2D eigenvalue weighted by Crippen LogP contribution is -2.35. The largest absolute Gasteiger partial charge is 0.456 e. The van der Waals surface area contributed by atoms with E-state index in [9.17, 15) is 0 Å². The lowest BCUT2D eigenvalue weighted by Gasteiger charge is -2.24. The third-order valence-electron chi connectivity index (χ3n) is 17.3. The summed E-state index contributed by atoms with van der Waals surface area (Å²) in [5.41, 5.74) is 20.6. The molecule has 395 valence electrons. The average molecular weight is 1080 g/mol. The van der Waals surface area contributed by atoms with Gasteiger partial charge in [0.2, 0.25) is 7.28 Å². The molecule has 0 aliphatic carbocycles. The van der Waals surface area contributed by atoms with Crippen molar-refractivity contribution in [3.8, 4) is 16.8 Å². The highest BCUT2D eigenvalue weighted by molar-refractivity contribution is 7.29. The molecule has 0 atom stereocenters. The highest BCUT2D eigenvalue weighted by Crippen LogP contribution is 2.46. The lowest BCUT2D eigenvalue weighted by molar-refractivity contribution is 0.589. The number of thiophene rings is 2. The summed E-state index contributed by atoms with van der Waals surface area (Å²) in [5, 5.41) is 12.7. The third-order valence-corrected chi connectivity index (χ3v) is 19.6. The van der Waals surface area contributed by atoms with Gasteiger partial charge in [-0.1, -0.05) is 192 Å². The number of nitrogens with zero attached hydrogens (tertiary/aromatic N) is 1. The van der Waals surface area contributed by atoms with Gasteiger partial charge in [-0.3, -0.25) is 0 Å². The van der Waals surface area contributed by atoms with Gasteiger partial charge in [0.1, 0.15) is 11.2 Å². The number of benzene rings is 9. The quantitative estimate of drug-likeness (QED) is 0.161. The molecule has 0 amide bonds. The predicted molar refractivity (Wildman–Crippen MR) is 350 cm³/mol. The molecule has 1 aliphatic rings. The standard InChI is InChI=1S/C74H68BN2OS2/c1-71(2,3)45-22-18-43(19-23-45)54(44-20-24-46(25-21-44)72(4,5)6)35-42-17-31-50-57-38-55(60(41-63(57)78-62(50)36-42)76-49-29-26-47(27-30-49)73(7,8)9)52-32-33-53-56-40-66-58(51-15-13-14-16-64(51)79-66)39-61(56)77-68(53)67(52)75-70-69(77)59-37-48(74(10,11)12)28-34-65(59)80-70/h13-34,36-41,54,76H,35H2,1-12H3. The molecule has 4 aromatic heterocycles. The van der Waals surface area contributed by atoms with Crippen molar-refractivity contribution >= 4 is 126 Å². The summed E-state index contributed by atoms with van der Waals surface area (Å²) in [5.74, 6) is 0.170. The van der Waals surface area contributed by atoms with Crippen molar-refractivity contribution < 1.29 is 4.42 Å². The maximum absolute atomic E-state index is 7.05. The summed E-state index contributed by atoms with van der Waals surface area (Å²) in [4.78, 5) is 0. The van der Waals surface area contributed by atoms with Gasteiger partial charge in [-0.15, -0.1) is 22.7 Å². The SMILES string of the molecule is CC(C)(C)c1ccc(Nc2cc3oc4cc(CC(c5ccc(C(C)(C)C)cc5)c5ccc(C(C)(C)C)cc5)ccc4c3cc2-c2ccc3c4cc5sc6ccccc6c5cc4n4c3c2[B]c2sc3ccc(C(C)(C)C)cc3c2-4)cc1. The zero-order chi connectivity index (χ0) is 55.4. The van der Waals surface area contributed by atoms with E-state index in [1.54, 1.807) is 0 Å². The third kappa shape index (κ3) is 8.51. The zero-order valence-corrected chi connectivity index (χ0v) is 49.8. The minimum atomic E-state index is 0.0104. The molecule has 0 saturated carbocycles. The Labute approximate surface area is 479 Å². The molecule has 0 unspecified atom stereocenters. The molecule has 1 aliphatic heterocycles. The Morgan fingerprint density at radius 3 is 1.73 bits per heavy atom. The second-order valence-corrected chi connectivity index (χ2v) is 29.1. The number of rotatable bonds is 7. The molecule has 14 rings (SSSR count). The van der Waals surface area contributed by atoms with Crippen LogP contribution in [0.25, 0.3) is 90.8 Å². The second kappa shape index (κ2) is 18.1. The van der Waals surface area contributed by atoms with Crippen LogP contribution in [0.4, 0.5) is 11.4 Å². The monoisotopic (exact) mass is 1080 g/mol. The van der Waals surface area contributed by atoms with E-state index < -0.39 is 0 Å². The normalized spacial score (nSPS) is 13.3. The fourth-order valence-electron chi connectivity index (χ4n) is 12.6. The molecule has 3 nitrogen and oxygen atoms in total. The van der Waals surface area contributed by atoms with Crippen molar-refractivity contribution in [3.05, 3.63) is 209 Å². The smallest absolute Gasteiger partial charge is 0.211 e. The van der Waals surface area contributed by atoms with Crippen LogP contribution < -0.4 is 15.6 Å². The van der Waals surface area contributed by atoms with Crippen LogP contribution in [0.2, 0.25) is 0 Å². The highest BCUT2D eigenvalue weighted by atomic mass is 32.1. The summed E-state index contributed by atoms with van der Waals surface area (Å²) < 4.78 is 14.9. The van der Waals surface area contributed by atoms with Gasteiger partial charge in [-0.25, -0.2) is 0 Å². The molecule has 1 radical (unpaired) electrons. The Kier molecular flexibility index (Phi) is 11.5. The van der Waals surface area contributed by atoms with Gasteiger partial charge in [0.05, 0.1) is 16.9 Å². The van der Waals surface area contributed by atoms with Crippen molar-refractivity contribution in [2.24, 2.45) is 0 Å². The molecule has 0 spiro atoms. The Hall–Kier alpha value is -7.38. The Morgan fingerprint density at radius 1 is 0.463 bits per heavy atom. The molecular weight excluding hydrogens is 1010 g/mol. The summed E-state index contributed by atoms with van der Waals surface area (Å²) in [6.45, 7) is 27.5. The number of nitrogens with one attached hydrogen (secondary N) is 1. The van der Waals surface area contributed by atoms with Gasteiger partial charge in [-0.2, -0.15) is 0 Å². The Bertz CT molecular complexity index is 4570. The van der Waals surface area contributed by atoms with Crippen molar-refractivity contribution in [2.45, 2.75) is 117 Å². The minimum Gasteiger partial charge on any atom is -0.456 e. The molecule has 0 fully saturated rings. The Morgan fingerprint density at radius 2 is 1.06 bits per heavy atom. The number of aromatic nitrogens is 1. The van der Waals surface area contributed by atoms with Crippen LogP contribution in [-0.2, 0) is 28.1 Å². The first-order valence-electron chi connectivity index (χ1n) is 28.5. The summed E-state index contributed by atoms with van der Waals surface area (Å²) in [7, 11) is 2.50. The van der Waals surface area contributed by atoms with Gasteiger partial charge in [0, 0.05) is 80.6 Å². The molecule has 1 N–H and O–H groups in total. The van der Waals surface area contributed by atoms with Crippen molar-refractivity contribution in [1.82, 2.24) is 4.57 Å². The van der Waals surface area contributed by atoms with Crippen molar-refractivity contribution in [1.29, 1.82) is 0 Å². The van der Waals surface area contributed by atoms with E-state index >= 15 is 0 Å². The predicted octanol–water partition coefficient (Wildman–Crippen LogP) is 20.2. The molecule has 13 aromatic rings. The fraction of sp³-hybridized carbons (Fsp3) is 0.243. The highest BCUT2D eigenvalue weighted by Gasteiger charge is 2.32. The fourth-order valence-corrected chi connectivity index (χ4v) is 14.9. The lowest BCUT2D eigenvalue weighted by atomic mass is 9.63. The molecule has 9 aromatic carbocycles. The van der Waals surface area contributed by atoms with Gasteiger partial charge < -0.3 is 14.3 Å². The van der Waals surface area contributed by atoms with Crippen LogP contribution in [0.15, 0.2) is 174 Å². The minimum absolute atomic E-state index is 0.0104. The molecular formula is C74H68BN2OS2. The first kappa shape index (κ1) is 50.8. The van der Waals surface area contributed by atoms with E-state index in [4.69, 9.17) is 4.42 Å². The summed E-state index contributed by atoms with van der Waals surface area (Å²) in [6, 6.07) is 65.1. The maximum atomic E-state index is 7.05. The topological polar surface area (TPSA) is 30.1 Å². The van der Waals surface area contributed by atoms with Gasteiger partial charge in [-0.05, 0) is 137 Å². The van der Waals surface area contributed by atoms with Crippen LogP contribution >= 0.6 is 22.7 Å². The number of hydrogen-bond donors (Lipinski definition) is 1. The van der Waals surface area contributed by atoms with Crippen LogP contribution in [-0.4, -0.2) is 11.8 Å². The van der Waals surface area contributed by atoms with E-state index in [1.807, 2.05) is 22.7 Å². The number of furan rings is 1. The molecule has 0 saturated heterocycles. The average Bonchev–Trinajstić information content (AvgIpc) is 4.34. The van der Waals surface area contributed by atoms with Crippen LogP contribution in [0.3, 0.4) is 0 Å². The second-order valence-electron chi connectivity index (χ2n) is 26.9. The van der Waals surface area contributed by atoms with E-state index in [0.717, 1.165) is 45.3 Å². The van der Waals surface area contributed by atoms with Gasteiger partial charge >= 0.3 is 0 Å². The van der Waals surface area contributed by atoms with Gasteiger partial charge in [0.25, 0.3) is 0 Å². The first-order valence-corrected chi connectivity index (χ1v) is 30.2. The molecule has 0 bridgehead atoms. The Balaban J connectivity index is 0.958. The molecule has 5 heterocycles. The number of anilines is 2. The van der Waals surface area contributed by atoms with E-state index in [0.29, 0.717) is 0 Å². The van der Waals surface area contributed by atoms with E-state index in [2.05, 4.69) is 270 Å². The maximum Gasteiger partial charge on any atom is 0.211 e. The zero-order valence-electron chi connectivity index (χ0n) is 48.2. The summed E-state index contributed by atoms with van der Waals surface area (Å²) >= 11 is 3.80. The van der Waals surface area contributed by atoms with Crippen molar-refractivity contribution in [3.63, 3.8) is 0 Å². The number of fused-ring (bicyclic) bond motifs is 13. The molecule has 80 heavy (non-hydrogen) atoms. The van der Waals surface area contributed by atoms with Gasteiger partial charge in [0.15, 0.2) is 0 Å². The van der Waals surface area contributed by atoms with Crippen LogP contribution in [0.1, 0.15) is 128 Å². The molecule has 6 heteroatoms. The van der Waals surface area contributed by atoms with Crippen molar-refractivity contribution in [2.75, 3.05) is 5.32 Å². The number of hydrogen-bond acceptors (Lipinski definition) is 4.